The maximum absolute atomic E-state index is 13.3. The molecule has 5 rings (SSSR count). The van der Waals surface area contributed by atoms with Crippen LogP contribution in [-0.2, 0) is 9.59 Å². The van der Waals surface area contributed by atoms with Gasteiger partial charge in [-0.3, -0.25) is 14.4 Å². The summed E-state index contributed by atoms with van der Waals surface area (Å²) in [6.07, 6.45) is 1.61. The monoisotopic (exact) mass is 638 g/mol. The molecule has 0 saturated carbocycles. The van der Waals surface area contributed by atoms with Crippen molar-refractivity contribution < 1.29 is 23.9 Å². The fourth-order valence-corrected chi connectivity index (χ4v) is 5.77. The number of hydrogen-bond donors (Lipinski definition) is 3. The normalized spacial score (nSPS) is 11.1. The molecule has 0 spiro atoms. The Morgan fingerprint density at radius 3 is 2.33 bits per heavy atom. The molecule has 3 N–H and O–H groups in total. The van der Waals surface area contributed by atoms with Gasteiger partial charge in [0, 0.05) is 16.1 Å². The maximum Gasteiger partial charge on any atom is 0.272 e. The summed E-state index contributed by atoms with van der Waals surface area (Å²) < 4.78 is 11.7. The first-order valence-corrected chi connectivity index (χ1v) is 15.8. The van der Waals surface area contributed by atoms with Gasteiger partial charge in [-0.25, -0.2) is 4.98 Å². The Morgan fingerprint density at radius 1 is 0.889 bits per heavy atom. The molecule has 0 saturated heterocycles. The highest BCUT2D eigenvalue weighted by Gasteiger charge is 2.16. The van der Waals surface area contributed by atoms with E-state index < -0.39 is 11.8 Å². The van der Waals surface area contributed by atoms with Gasteiger partial charge in [-0.2, -0.15) is 0 Å². The highest BCUT2D eigenvalue weighted by molar-refractivity contribution is 8.00. The molecule has 0 unspecified atom stereocenters. The zero-order chi connectivity index (χ0) is 31.6. The van der Waals surface area contributed by atoms with Gasteiger partial charge in [0.05, 0.1) is 29.7 Å². The van der Waals surface area contributed by atoms with E-state index >= 15 is 0 Å². The molecule has 0 radical (unpaired) electrons. The van der Waals surface area contributed by atoms with E-state index in [-0.39, 0.29) is 17.4 Å². The summed E-state index contributed by atoms with van der Waals surface area (Å²) in [6.45, 7) is 2.45. The Balaban J connectivity index is 1.21. The summed E-state index contributed by atoms with van der Waals surface area (Å²) in [5.41, 5.74) is 2.55. The SMILES string of the molecule is CCOc1ccc(/C=C(\NC(=O)c2ccccc2)C(=O)Nc2ccc(SCC(=O)Nc3nc4ccc(OC)cc4s3)cc2)cc1. The van der Waals surface area contributed by atoms with Gasteiger partial charge in [0.15, 0.2) is 5.13 Å². The lowest BCUT2D eigenvalue weighted by molar-refractivity contribution is -0.114. The number of ether oxygens (including phenoxy) is 2. The molecule has 1 heterocycles. The zero-order valence-electron chi connectivity index (χ0n) is 24.5. The Labute approximate surface area is 268 Å². The standard InChI is InChI=1S/C34H30N4O5S2/c1-3-43-25-13-9-22(10-14-25)19-29(36-32(40)23-7-5-4-6-8-23)33(41)35-24-11-16-27(17-12-24)44-21-31(39)38-34-37-28-18-15-26(42-2)20-30(28)45-34/h4-20H,3,21H2,1-2H3,(H,35,41)(H,36,40)(H,37,38,39)/b29-19-. The Kier molecular flexibility index (Phi) is 10.5. The summed E-state index contributed by atoms with van der Waals surface area (Å²) in [6, 6.07) is 28.6. The van der Waals surface area contributed by atoms with Crippen LogP contribution in [0.1, 0.15) is 22.8 Å². The minimum absolute atomic E-state index is 0.0800. The van der Waals surface area contributed by atoms with Crippen molar-refractivity contribution in [2.24, 2.45) is 0 Å². The average Bonchev–Trinajstić information content (AvgIpc) is 3.46. The minimum atomic E-state index is -0.485. The number of fused-ring (bicyclic) bond motifs is 1. The topological polar surface area (TPSA) is 119 Å². The molecule has 3 amide bonds. The first kappa shape index (κ1) is 31.3. The fourth-order valence-electron chi connectivity index (χ4n) is 4.16. The number of hydrogen-bond acceptors (Lipinski definition) is 8. The van der Waals surface area contributed by atoms with E-state index in [1.165, 1.54) is 23.1 Å². The minimum Gasteiger partial charge on any atom is -0.497 e. The van der Waals surface area contributed by atoms with Crippen LogP contribution in [0.25, 0.3) is 16.3 Å². The van der Waals surface area contributed by atoms with E-state index in [0.29, 0.717) is 34.3 Å². The molecule has 0 atom stereocenters. The van der Waals surface area contributed by atoms with E-state index in [1.54, 1.807) is 61.7 Å². The van der Waals surface area contributed by atoms with Crippen LogP contribution in [0.5, 0.6) is 11.5 Å². The number of thioether (sulfide) groups is 1. The summed E-state index contributed by atoms with van der Waals surface area (Å²) in [5, 5.41) is 8.96. The average molecular weight is 639 g/mol. The number of aromatic nitrogens is 1. The van der Waals surface area contributed by atoms with Crippen molar-refractivity contribution in [3.8, 4) is 11.5 Å². The van der Waals surface area contributed by atoms with Gasteiger partial charge in [-0.15, -0.1) is 11.8 Å². The molecule has 9 nitrogen and oxygen atoms in total. The van der Waals surface area contributed by atoms with Crippen molar-refractivity contribution in [1.82, 2.24) is 10.3 Å². The van der Waals surface area contributed by atoms with Gasteiger partial charge >= 0.3 is 0 Å². The highest BCUT2D eigenvalue weighted by atomic mass is 32.2. The third-order valence-corrected chi connectivity index (χ3v) is 8.30. The second kappa shape index (κ2) is 15.0. The van der Waals surface area contributed by atoms with Crippen molar-refractivity contribution in [3.63, 3.8) is 0 Å². The summed E-state index contributed by atoms with van der Waals surface area (Å²) in [7, 11) is 1.61. The Hall–Kier alpha value is -5.13. The summed E-state index contributed by atoms with van der Waals surface area (Å²) in [4.78, 5) is 44.1. The van der Waals surface area contributed by atoms with E-state index in [4.69, 9.17) is 9.47 Å². The number of nitrogens with one attached hydrogen (secondary N) is 3. The second-order valence-electron chi connectivity index (χ2n) is 9.55. The van der Waals surface area contributed by atoms with Crippen molar-refractivity contribution in [2.45, 2.75) is 11.8 Å². The lowest BCUT2D eigenvalue weighted by Crippen LogP contribution is -2.30. The lowest BCUT2D eigenvalue weighted by atomic mass is 10.1. The molecule has 5 aromatic rings. The first-order valence-electron chi connectivity index (χ1n) is 14.0. The van der Waals surface area contributed by atoms with Gasteiger partial charge in [-0.1, -0.05) is 41.7 Å². The van der Waals surface area contributed by atoms with E-state index in [9.17, 15) is 14.4 Å². The van der Waals surface area contributed by atoms with Crippen LogP contribution in [-0.4, -0.2) is 42.2 Å². The number of carbonyl (C=O) groups excluding carboxylic acids is 3. The highest BCUT2D eigenvalue weighted by Crippen LogP contribution is 2.29. The Bertz CT molecular complexity index is 1820. The predicted molar refractivity (Wildman–Crippen MR) is 180 cm³/mol. The molecule has 1 aromatic heterocycles. The van der Waals surface area contributed by atoms with E-state index in [2.05, 4.69) is 20.9 Å². The number of benzene rings is 4. The smallest absolute Gasteiger partial charge is 0.272 e. The number of amides is 3. The number of anilines is 2. The molecule has 228 valence electrons. The molecule has 0 aliphatic heterocycles. The second-order valence-corrected chi connectivity index (χ2v) is 11.6. The number of rotatable bonds is 12. The van der Waals surface area contributed by atoms with Crippen LogP contribution in [0.15, 0.2) is 108 Å². The molecule has 0 aliphatic rings. The molecular weight excluding hydrogens is 609 g/mol. The number of methoxy groups -OCH3 is 1. The molecule has 11 heteroatoms. The van der Waals surface area contributed by atoms with Crippen LogP contribution in [0.2, 0.25) is 0 Å². The third kappa shape index (κ3) is 8.71. The lowest BCUT2D eigenvalue weighted by Gasteiger charge is -2.12. The Morgan fingerprint density at radius 2 is 1.62 bits per heavy atom. The summed E-state index contributed by atoms with van der Waals surface area (Å²) >= 11 is 2.74. The van der Waals surface area contributed by atoms with Crippen molar-refractivity contribution >= 4 is 67.9 Å². The molecular formula is C34H30N4O5S2. The van der Waals surface area contributed by atoms with Gasteiger partial charge in [-0.05, 0) is 85.3 Å². The number of thiazole rings is 1. The number of nitrogens with zero attached hydrogens (tertiary/aromatic N) is 1. The number of carbonyl (C=O) groups is 3. The van der Waals surface area contributed by atoms with Crippen LogP contribution < -0.4 is 25.4 Å². The van der Waals surface area contributed by atoms with Crippen molar-refractivity contribution in [1.29, 1.82) is 0 Å². The van der Waals surface area contributed by atoms with Crippen molar-refractivity contribution in [3.05, 3.63) is 114 Å². The van der Waals surface area contributed by atoms with Gasteiger partial charge < -0.3 is 25.4 Å². The van der Waals surface area contributed by atoms with Gasteiger partial charge in [0.2, 0.25) is 5.91 Å². The van der Waals surface area contributed by atoms with Crippen molar-refractivity contribution in [2.75, 3.05) is 30.1 Å². The van der Waals surface area contributed by atoms with E-state index in [1.807, 2.05) is 55.5 Å². The molecule has 0 aliphatic carbocycles. The predicted octanol–water partition coefficient (Wildman–Crippen LogP) is 6.84. The maximum atomic E-state index is 13.3. The van der Waals surface area contributed by atoms with Crippen LogP contribution in [0, 0.1) is 0 Å². The van der Waals surface area contributed by atoms with Crippen LogP contribution in [0.3, 0.4) is 0 Å². The molecule has 0 fully saturated rings. The van der Waals surface area contributed by atoms with Gasteiger partial charge in [0.25, 0.3) is 11.8 Å². The van der Waals surface area contributed by atoms with E-state index in [0.717, 1.165) is 20.9 Å². The third-order valence-electron chi connectivity index (χ3n) is 6.35. The quantitative estimate of drug-likeness (QED) is 0.101. The molecule has 4 aromatic carbocycles. The largest absolute Gasteiger partial charge is 0.497 e. The molecule has 45 heavy (non-hydrogen) atoms. The van der Waals surface area contributed by atoms with Gasteiger partial charge in [0.1, 0.15) is 17.2 Å². The summed E-state index contributed by atoms with van der Waals surface area (Å²) in [5.74, 6) is 0.561. The fraction of sp³-hybridized carbons (Fsp3) is 0.118. The van der Waals surface area contributed by atoms with Crippen LogP contribution >= 0.6 is 23.1 Å². The molecule has 0 bridgehead atoms. The zero-order valence-corrected chi connectivity index (χ0v) is 26.2. The first-order chi connectivity index (χ1) is 21.9. The van der Waals surface area contributed by atoms with Crippen LogP contribution in [0.4, 0.5) is 10.8 Å².